The normalized spacial score (nSPS) is 24.4. The molecule has 1 unspecified atom stereocenters. The standard InChI is InChI=1S/C9H18N2O2/c1-7(8-5-4-6-10-8)9(12)11(2)13-3/h7-8,10H,4-6H2,1-3H3/t7-,8?/m0/s1. The van der Waals surface area contributed by atoms with Crippen LogP contribution in [0.4, 0.5) is 0 Å². The zero-order valence-corrected chi connectivity index (χ0v) is 8.54. The highest BCUT2D eigenvalue weighted by molar-refractivity contribution is 5.77. The van der Waals surface area contributed by atoms with Crippen molar-refractivity contribution >= 4 is 5.91 Å². The summed E-state index contributed by atoms with van der Waals surface area (Å²) in [5.74, 6) is 0.0503. The van der Waals surface area contributed by atoms with Gasteiger partial charge < -0.3 is 5.32 Å². The first kappa shape index (κ1) is 10.5. The Bertz CT molecular complexity index is 178. The van der Waals surface area contributed by atoms with Gasteiger partial charge in [0.1, 0.15) is 0 Å². The topological polar surface area (TPSA) is 41.6 Å². The van der Waals surface area contributed by atoms with Crippen LogP contribution in [0.5, 0.6) is 0 Å². The van der Waals surface area contributed by atoms with E-state index in [0.29, 0.717) is 6.04 Å². The quantitative estimate of drug-likeness (QED) is 0.648. The molecule has 76 valence electrons. The zero-order chi connectivity index (χ0) is 9.84. The van der Waals surface area contributed by atoms with Gasteiger partial charge in [0.05, 0.1) is 13.0 Å². The molecule has 1 aliphatic heterocycles. The molecule has 0 radical (unpaired) electrons. The van der Waals surface area contributed by atoms with Crippen LogP contribution in [0.2, 0.25) is 0 Å². The number of hydrogen-bond donors (Lipinski definition) is 1. The largest absolute Gasteiger partial charge is 0.313 e. The molecular formula is C9H18N2O2. The average Bonchev–Trinajstić information content (AvgIpc) is 2.67. The van der Waals surface area contributed by atoms with E-state index in [0.717, 1.165) is 13.0 Å². The summed E-state index contributed by atoms with van der Waals surface area (Å²) in [7, 11) is 3.15. The molecule has 1 saturated heterocycles. The fourth-order valence-corrected chi connectivity index (χ4v) is 1.69. The lowest BCUT2D eigenvalue weighted by Gasteiger charge is -2.23. The van der Waals surface area contributed by atoms with Crippen LogP contribution < -0.4 is 5.32 Å². The number of carbonyl (C=O) groups excluding carboxylic acids is 1. The van der Waals surface area contributed by atoms with Crippen LogP contribution in [0, 0.1) is 5.92 Å². The van der Waals surface area contributed by atoms with Crippen molar-refractivity contribution in [1.82, 2.24) is 10.4 Å². The molecule has 0 bridgehead atoms. The fraction of sp³-hybridized carbons (Fsp3) is 0.889. The summed E-state index contributed by atoms with van der Waals surface area (Å²) in [6.45, 7) is 2.97. The van der Waals surface area contributed by atoms with E-state index in [9.17, 15) is 4.79 Å². The predicted octanol–water partition coefficient (Wildman–Crippen LogP) is 0.394. The number of hydroxylamine groups is 2. The van der Waals surface area contributed by atoms with Gasteiger partial charge in [-0.15, -0.1) is 0 Å². The van der Waals surface area contributed by atoms with Crippen molar-refractivity contribution in [3.63, 3.8) is 0 Å². The molecule has 0 aliphatic carbocycles. The second-order valence-electron chi connectivity index (χ2n) is 3.51. The highest BCUT2D eigenvalue weighted by Gasteiger charge is 2.28. The second kappa shape index (κ2) is 4.58. The van der Waals surface area contributed by atoms with Crippen LogP contribution in [0.3, 0.4) is 0 Å². The van der Waals surface area contributed by atoms with Crippen LogP contribution in [-0.2, 0) is 9.63 Å². The maximum Gasteiger partial charge on any atom is 0.250 e. The molecule has 1 amide bonds. The molecule has 4 heteroatoms. The van der Waals surface area contributed by atoms with Gasteiger partial charge in [-0.1, -0.05) is 6.92 Å². The van der Waals surface area contributed by atoms with Gasteiger partial charge in [-0.05, 0) is 19.4 Å². The summed E-state index contributed by atoms with van der Waals surface area (Å²) in [6, 6.07) is 0.324. The van der Waals surface area contributed by atoms with Gasteiger partial charge in [0.15, 0.2) is 0 Å². The predicted molar refractivity (Wildman–Crippen MR) is 50.0 cm³/mol. The second-order valence-corrected chi connectivity index (χ2v) is 3.51. The molecular weight excluding hydrogens is 168 g/mol. The van der Waals surface area contributed by atoms with E-state index in [4.69, 9.17) is 4.84 Å². The first-order valence-electron chi connectivity index (χ1n) is 4.72. The van der Waals surface area contributed by atoms with E-state index < -0.39 is 0 Å². The lowest BCUT2D eigenvalue weighted by atomic mass is 10.00. The van der Waals surface area contributed by atoms with E-state index in [1.165, 1.54) is 18.6 Å². The van der Waals surface area contributed by atoms with Gasteiger partial charge in [0, 0.05) is 13.1 Å². The van der Waals surface area contributed by atoms with Gasteiger partial charge in [-0.25, -0.2) is 5.06 Å². The van der Waals surface area contributed by atoms with E-state index in [-0.39, 0.29) is 11.8 Å². The lowest BCUT2D eigenvalue weighted by molar-refractivity contribution is -0.173. The number of rotatable bonds is 3. The molecule has 1 fully saturated rings. The highest BCUT2D eigenvalue weighted by Crippen LogP contribution is 2.16. The van der Waals surface area contributed by atoms with Gasteiger partial charge >= 0.3 is 0 Å². The molecule has 0 aromatic heterocycles. The van der Waals surface area contributed by atoms with Crippen LogP contribution in [0.25, 0.3) is 0 Å². The van der Waals surface area contributed by atoms with E-state index in [1.54, 1.807) is 7.05 Å². The summed E-state index contributed by atoms with van der Waals surface area (Å²) >= 11 is 0. The number of nitrogens with one attached hydrogen (secondary N) is 1. The Morgan fingerprint density at radius 3 is 2.85 bits per heavy atom. The van der Waals surface area contributed by atoms with Gasteiger partial charge in [-0.2, -0.15) is 0 Å². The summed E-state index contributed by atoms with van der Waals surface area (Å²) in [5, 5.41) is 4.61. The minimum atomic E-state index is 0.00690. The molecule has 2 atom stereocenters. The van der Waals surface area contributed by atoms with Crippen LogP contribution in [-0.4, -0.2) is 37.7 Å². The Kier molecular flexibility index (Phi) is 3.69. The molecule has 1 aliphatic rings. The summed E-state index contributed by atoms with van der Waals surface area (Å²) in [6.07, 6.45) is 2.25. The van der Waals surface area contributed by atoms with Gasteiger partial charge in [-0.3, -0.25) is 9.63 Å². The molecule has 1 N–H and O–H groups in total. The third kappa shape index (κ3) is 2.42. The Morgan fingerprint density at radius 1 is 1.69 bits per heavy atom. The number of nitrogens with zero attached hydrogens (tertiary/aromatic N) is 1. The van der Waals surface area contributed by atoms with E-state index in [2.05, 4.69) is 5.32 Å². The summed E-state index contributed by atoms with van der Waals surface area (Å²) in [5.41, 5.74) is 0. The minimum absolute atomic E-state index is 0.00690. The maximum atomic E-state index is 11.6. The van der Waals surface area contributed by atoms with Gasteiger partial charge in [0.25, 0.3) is 0 Å². The minimum Gasteiger partial charge on any atom is -0.313 e. The first-order valence-corrected chi connectivity index (χ1v) is 4.72. The van der Waals surface area contributed by atoms with Crippen molar-refractivity contribution in [1.29, 1.82) is 0 Å². The molecule has 1 heterocycles. The van der Waals surface area contributed by atoms with Crippen molar-refractivity contribution in [3.8, 4) is 0 Å². The Morgan fingerprint density at radius 2 is 2.38 bits per heavy atom. The van der Waals surface area contributed by atoms with Crippen molar-refractivity contribution < 1.29 is 9.63 Å². The number of hydrogen-bond acceptors (Lipinski definition) is 3. The Balaban J connectivity index is 2.45. The van der Waals surface area contributed by atoms with Crippen LogP contribution >= 0.6 is 0 Å². The Hall–Kier alpha value is -0.610. The molecule has 0 saturated carbocycles. The van der Waals surface area contributed by atoms with Crippen molar-refractivity contribution in [2.45, 2.75) is 25.8 Å². The van der Waals surface area contributed by atoms with Crippen molar-refractivity contribution in [3.05, 3.63) is 0 Å². The summed E-state index contributed by atoms with van der Waals surface area (Å²) < 4.78 is 0. The molecule has 0 aromatic carbocycles. The molecule has 0 spiro atoms. The summed E-state index contributed by atoms with van der Waals surface area (Å²) in [4.78, 5) is 16.5. The average molecular weight is 186 g/mol. The highest BCUT2D eigenvalue weighted by atomic mass is 16.7. The third-order valence-electron chi connectivity index (χ3n) is 2.68. The van der Waals surface area contributed by atoms with Crippen molar-refractivity contribution in [2.75, 3.05) is 20.7 Å². The molecule has 4 nitrogen and oxygen atoms in total. The monoisotopic (exact) mass is 186 g/mol. The third-order valence-corrected chi connectivity index (χ3v) is 2.68. The van der Waals surface area contributed by atoms with Crippen LogP contribution in [0.1, 0.15) is 19.8 Å². The molecule has 13 heavy (non-hydrogen) atoms. The Labute approximate surface area is 79.2 Å². The molecule has 1 rings (SSSR count). The van der Waals surface area contributed by atoms with Gasteiger partial charge in [0.2, 0.25) is 5.91 Å². The lowest BCUT2D eigenvalue weighted by Crippen LogP contribution is -2.40. The van der Waals surface area contributed by atoms with E-state index >= 15 is 0 Å². The molecule has 0 aromatic rings. The zero-order valence-electron chi connectivity index (χ0n) is 8.54. The first-order chi connectivity index (χ1) is 6.16. The number of carbonyl (C=O) groups is 1. The maximum absolute atomic E-state index is 11.6. The number of amides is 1. The van der Waals surface area contributed by atoms with Crippen molar-refractivity contribution in [2.24, 2.45) is 5.92 Å². The van der Waals surface area contributed by atoms with Crippen LogP contribution in [0.15, 0.2) is 0 Å². The smallest absolute Gasteiger partial charge is 0.250 e. The SMILES string of the molecule is CON(C)C(=O)[C@@H](C)C1CCCN1. The van der Waals surface area contributed by atoms with E-state index in [1.807, 2.05) is 6.92 Å². The fourth-order valence-electron chi connectivity index (χ4n) is 1.69.